The highest BCUT2D eigenvalue weighted by Gasteiger charge is 2.15. The Bertz CT molecular complexity index is 434. The number of rotatable bonds is 9. The highest BCUT2D eigenvalue weighted by molar-refractivity contribution is 5.72. The lowest BCUT2D eigenvalue weighted by Gasteiger charge is -2.29. The van der Waals surface area contributed by atoms with E-state index >= 15 is 0 Å². The zero-order valence-corrected chi connectivity index (χ0v) is 13.6. The maximum atomic E-state index is 11.5. The van der Waals surface area contributed by atoms with Crippen LogP contribution in [0, 0.1) is 0 Å². The molecule has 0 aliphatic carbocycles. The monoisotopic (exact) mass is 293 g/mol. The van der Waals surface area contributed by atoms with Gasteiger partial charge in [0.2, 0.25) is 0 Å². The Morgan fingerprint density at radius 3 is 2.48 bits per heavy atom. The van der Waals surface area contributed by atoms with E-state index < -0.39 is 0 Å². The fraction of sp³-hybridized carbons (Fsp3) is 0.588. The number of carbonyl (C=O) groups excluding carboxylic acids is 1. The van der Waals surface area contributed by atoms with E-state index in [-0.39, 0.29) is 5.97 Å². The van der Waals surface area contributed by atoms with Crippen LogP contribution in [0.4, 0.5) is 0 Å². The first-order valence-electron chi connectivity index (χ1n) is 7.48. The zero-order chi connectivity index (χ0) is 15.7. The normalized spacial score (nSPS) is 12.4. The Labute approximate surface area is 128 Å². The molecule has 1 rings (SSSR count). The molecule has 118 valence electrons. The van der Waals surface area contributed by atoms with Crippen LogP contribution in [-0.4, -0.2) is 44.3 Å². The van der Waals surface area contributed by atoms with Crippen LogP contribution in [0.5, 0.6) is 0 Å². The number of methoxy groups -OCH3 is 2. The van der Waals surface area contributed by atoms with Gasteiger partial charge >= 0.3 is 5.97 Å². The summed E-state index contributed by atoms with van der Waals surface area (Å²) in [5, 5.41) is 0. The van der Waals surface area contributed by atoms with E-state index in [2.05, 4.69) is 24.8 Å². The van der Waals surface area contributed by atoms with Gasteiger partial charge in [0, 0.05) is 26.2 Å². The molecule has 0 aliphatic rings. The summed E-state index contributed by atoms with van der Waals surface area (Å²) in [6.45, 7) is 6.83. The fourth-order valence-corrected chi connectivity index (χ4v) is 2.25. The highest BCUT2D eigenvalue weighted by Crippen LogP contribution is 2.16. The summed E-state index contributed by atoms with van der Waals surface area (Å²) >= 11 is 0. The largest absolute Gasteiger partial charge is 0.469 e. The first kappa shape index (κ1) is 17.7. The van der Waals surface area contributed by atoms with Crippen LogP contribution in [0.15, 0.2) is 24.3 Å². The number of nitrogens with zero attached hydrogens (tertiary/aromatic N) is 1. The van der Waals surface area contributed by atoms with Crippen LogP contribution in [0.1, 0.15) is 31.4 Å². The smallest absolute Gasteiger partial charge is 0.309 e. The molecule has 0 radical (unpaired) electrons. The third-order valence-corrected chi connectivity index (χ3v) is 3.85. The van der Waals surface area contributed by atoms with Crippen molar-refractivity contribution in [3.05, 3.63) is 35.4 Å². The summed E-state index contributed by atoms with van der Waals surface area (Å²) < 4.78 is 9.98. The minimum atomic E-state index is -0.200. The molecule has 0 fully saturated rings. The Balaban J connectivity index is 2.84. The van der Waals surface area contributed by atoms with E-state index in [0.717, 1.165) is 25.1 Å². The second kappa shape index (κ2) is 9.53. The van der Waals surface area contributed by atoms with Crippen molar-refractivity contribution in [1.29, 1.82) is 0 Å². The standard InChI is InChI=1S/C17H27NO3/c1-5-14(2)18(10-11-20-3)13-16-9-7-6-8-15(16)12-17(19)21-4/h6-9,14H,5,10-13H2,1-4H3. The second-order valence-electron chi connectivity index (χ2n) is 5.24. The number of benzene rings is 1. The molecule has 1 aromatic rings. The third kappa shape index (κ3) is 5.86. The molecule has 0 N–H and O–H groups in total. The lowest BCUT2D eigenvalue weighted by molar-refractivity contribution is -0.139. The van der Waals surface area contributed by atoms with Gasteiger partial charge < -0.3 is 9.47 Å². The fourth-order valence-electron chi connectivity index (χ4n) is 2.25. The van der Waals surface area contributed by atoms with Gasteiger partial charge in [-0.1, -0.05) is 31.2 Å². The minimum Gasteiger partial charge on any atom is -0.469 e. The van der Waals surface area contributed by atoms with Gasteiger partial charge in [-0.15, -0.1) is 0 Å². The van der Waals surface area contributed by atoms with E-state index in [1.165, 1.54) is 12.7 Å². The average Bonchev–Trinajstić information content (AvgIpc) is 2.51. The summed E-state index contributed by atoms with van der Waals surface area (Å²) in [6, 6.07) is 8.54. The van der Waals surface area contributed by atoms with Crippen LogP contribution in [0.3, 0.4) is 0 Å². The summed E-state index contributed by atoms with van der Waals surface area (Å²) in [5.41, 5.74) is 2.22. The first-order chi connectivity index (χ1) is 10.1. The van der Waals surface area contributed by atoms with E-state index in [0.29, 0.717) is 19.1 Å². The molecule has 1 aromatic carbocycles. The summed E-state index contributed by atoms with van der Waals surface area (Å²) in [4.78, 5) is 13.9. The van der Waals surface area contributed by atoms with Crippen LogP contribution in [0.2, 0.25) is 0 Å². The Hall–Kier alpha value is -1.39. The maximum absolute atomic E-state index is 11.5. The van der Waals surface area contributed by atoms with Gasteiger partial charge in [-0.25, -0.2) is 0 Å². The zero-order valence-electron chi connectivity index (χ0n) is 13.6. The quantitative estimate of drug-likeness (QED) is 0.656. The molecule has 0 saturated heterocycles. The molecular weight excluding hydrogens is 266 g/mol. The second-order valence-corrected chi connectivity index (χ2v) is 5.24. The van der Waals surface area contributed by atoms with Crippen LogP contribution in [0.25, 0.3) is 0 Å². The number of esters is 1. The summed E-state index contributed by atoms with van der Waals surface area (Å²) in [5.74, 6) is -0.200. The SMILES string of the molecule is CCC(C)N(CCOC)Cc1ccccc1CC(=O)OC. The van der Waals surface area contributed by atoms with Crippen molar-refractivity contribution in [2.75, 3.05) is 27.4 Å². The molecule has 0 saturated carbocycles. The van der Waals surface area contributed by atoms with Crippen LogP contribution < -0.4 is 0 Å². The van der Waals surface area contributed by atoms with Gasteiger partial charge in [0.25, 0.3) is 0 Å². The number of hydrogen-bond acceptors (Lipinski definition) is 4. The average molecular weight is 293 g/mol. The lowest BCUT2D eigenvalue weighted by atomic mass is 10.0. The van der Waals surface area contributed by atoms with E-state index in [1.807, 2.05) is 18.2 Å². The van der Waals surface area contributed by atoms with Crippen molar-refractivity contribution in [1.82, 2.24) is 4.90 Å². The molecule has 4 nitrogen and oxygen atoms in total. The molecule has 1 atom stereocenters. The predicted octanol–water partition coefficient (Wildman–Crippen LogP) is 2.65. The number of ether oxygens (including phenoxy) is 2. The van der Waals surface area contributed by atoms with Gasteiger partial charge in [-0.3, -0.25) is 9.69 Å². The van der Waals surface area contributed by atoms with Gasteiger partial charge in [0.05, 0.1) is 20.1 Å². The van der Waals surface area contributed by atoms with Gasteiger partial charge in [0.1, 0.15) is 0 Å². The number of carbonyl (C=O) groups is 1. The molecule has 0 amide bonds. The Morgan fingerprint density at radius 2 is 1.90 bits per heavy atom. The summed E-state index contributed by atoms with van der Waals surface area (Å²) in [6.07, 6.45) is 1.41. The molecule has 0 heterocycles. The van der Waals surface area contributed by atoms with E-state index in [1.54, 1.807) is 7.11 Å². The summed E-state index contributed by atoms with van der Waals surface area (Å²) in [7, 11) is 3.15. The van der Waals surface area contributed by atoms with E-state index in [9.17, 15) is 4.79 Å². The van der Waals surface area contributed by atoms with Gasteiger partial charge in [-0.05, 0) is 24.5 Å². The minimum absolute atomic E-state index is 0.200. The molecule has 0 spiro atoms. The van der Waals surface area contributed by atoms with E-state index in [4.69, 9.17) is 9.47 Å². The number of hydrogen-bond donors (Lipinski definition) is 0. The molecule has 0 bridgehead atoms. The molecule has 0 aliphatic heterocycles. The molecule has 4 heteroatoms. The Morgan fingerprint density at radius 1 is 1.24 bits per heavy atom. The highest BCUT2D eigenvalue weighted by atomic mass is 16.5. The van der Waals surface area contributed by atoms with Crippen molar-refractivity contribution < 1.29 is 14.3 Å². The van der Waals surface area contributed by atoms with Crippen molar-refractivity contribution in [2.24, 2.45) is 0 Å². The first-order valence-corrected chi connectivity index (χ1v) is 7.48. The molecule has 21 heavy (non-hydrogen) atoms. The molecule has 0 aromatic heterocycles. The topological polar surface area (TPSA) is 38.8 Å². The Kier molecular flexibility index (Phi) is 8.01. The van der Waals surface area contributed by atoms with Crippen molar-refractivity contribution >= 4 is 5.97 Å². The predicted molar refractivity (Wildman–Crippen MR) is 84.2 cm³/mol. The molecule has 1 unspecified atom stereocenters. The third-order valence-electron chi connectivity index (χ3n) is 3.85. The lowest BCUT2D eigenvalue weighted by Crippen LogP contribution is -2.35. The molecular formula is C17H27NO3. The van der Waals surface area contributed by atoms with Gasteiger partial charge in [-0.2, -0.15) is 0 Å². The van der Waals surface area contributed by atoms with Gasteiger partial charge in [0.15, 0.2) is 0 Å². The van der Waals surface area contributed by atoms with Crippen LogP contribution >= 0.6 is 0 Å². The van der Waals surface area contributed by atoms with Crippen molar-refractivity contribution in [3.8, 4) is 0 Å². The van der Waals surface area contributed by atoms with Crippen molar-refractivity contribution in [2.45, 2.75) is 39.3 Å². The van der Waals surface area contributed by atoms with Crippen LogP contribution in [-0.2, 0) is 27.2 Å². The maximum Gasteiger partial charge on any atom is 0.309 e. The van der Waals surface area contributed by atoms with Crippen molar-refractivity contribution in [3.63, 3.8) is 0 Å².